The molecule has 0 saturated heterocycles. The number of hydrogen-bond acceptors (Lipinski definition) is 6. The summed E-state index contributed by atoms with van der Waals surface area (Å²) in [5, 5.41) is 19.3. The van der Waals surface area contributed by atoms with Crippen LogP contribution in [-0.2, 0) is 24.2 Å². The van der Waals surface area contributed by atoms with Crippen LogP contribution in [0.4, 0.5) is 26.3 Å². The van der Waals surface area contributed by atoms with Crippen molar-refractivity contribution in [1.29, 1.82) is 10.5 Å². The highest BCUT2D eigenvalue weighted by Crippen LogP contribution is 2.49. The Kier molecular flexibility index (Phi) is 5.58. The molecule has 1 aliphatic rings. The summed E-state index contributed by atoms with van der Waals surface area (Å²) in [6, 6.07) is 3.74. The molecule has 4 nitrogen and oxygen atoms in total. The van der Waals surface area contributed by atoms with Crippen LogP contribution in [0, 0.1) is 22.7 Å². The average Bonchev–Trinajstić information content (AvgIpc) is 2.97. The third-order valence-corrected chi connectivity index (χ3v) is 5.14. The van der Waals surface area contributed by atoms with E-state index in [1.165, 1.54) is 0 Å². The molecule has 0 bridgehead atoms. The molecule has 0 atom stereocenters. The van der Waals surface area contributed by atoms with E-state index in [0.29, 0.717) is 17.8 Å². The minimum atomic E-state index is -4.40. The number of rotatable bonds is 2. The van der Waals surface area contributed by atoms with Crippen LogP contribution in [0.25, 0.3) is 0 Å². The quantitative estimate of drug-likeness (QED) is 0.657. The summed E-state index contributed by atoms with van der Waals surface area (Å²) in [7, 11) is 0. The van der Waals surface area contributed by atoms with E-state index in [1.807, 2.05) is 6.07 Å². The van der Waals surface area contributed by atoms with Gasteiger partial charge in [0.05, 0.1) is 18.6 Å². The van der Waals surface area contributed by atoms with E-state index in [2.05, 4.69) is 9.97 Å². The molecular weight excluding hydrogens is 402 g/mol. The third-order valence-electron chi connectivity index (χ3n) is 3.24. The van der Waals surface area contributed by atoms with Gasteiger partial charge in [-0.1, -0.05) is 0 Å². The minimum Gasteiger partial charge on any atom is -0.236 e. The van der Waals surface area contributed by atoms with Crippen molar-refractivity contribution in [2.45, 2.75) is 37.0 Å². The van der Waals surface area contributed by atoms with Crippen LogP contribution < -0.4 is 0 Å². The van der Waals surface area contributed by atoms with Gasteiger partial charge in [-0.25, -0.2) is 9.97 Å². The van der Waals surface area contributed by atoms with E-state index >= 15 is 0 Å². The van der Waals surface area contributed by atoms with Crippen LogP contribution in [0.1, 0.15) is 34.2 Å². The van der Waals surface area contributed by atoms with Gasteiger partial charge in [-0.05, 0) is 12.8 Å². The highest BCUT2D eigenvalue weighted by atomic mass is 32.1. The lowest BCUT2D eigenvalue weighted by molar-refractivity contribution is -0.141. The van der Waals surface area contributed by atoms with Crippen molar-refractivity contribution in [3.05, 3.63) is 32.2 Å². The normalized spacial score (nSPS) is 15.4. The Hall–Kier alpha value is -2.18. The Morgan fingerprint density at radius 2 is 1.50 bits per heavy atom. The summed E-state index contributed by atoms with van der Waals surface area (Å²) in [5.74, 6) is 0. The summed E-state index contributed by atoms with van der Waals surface area (Å²) < 4.78 is 72.2. The van der Waals surface area contributed by atoms with Gasteiger partial charge in [0.1, 0.15) is 15.4 Å². The second-order valence-corrected chi connectivity index (χ2v) is 6.99. The van der Waals surface area contributed by atoms with Gasteiger partial charge in [-0.2, -0.15) is 36.9 Å². The van der Waals surface area contributed by atoms with Gasteiger partial charge < -0.3 is 0 Å². The van der Waals surface area contributed by atoms with Gasteiger partial charge in [-0.3, -0.25) is 0 Å². The predicted molar refractivity (Wildman–Crippen MR) is 80.1 cm³/mol. The molecule has 1 fully saturated rings. The summed E-state index contributed by atoms with van der Waals surface area (Å²) >= 11 is 1.76. The Balaban J connectivity index is 0.000000190. The number of nitriles is 2. The fourth-order valence-electron chi connectivity index (χ4n) is 1.71. The van der Waals surface area contributed by atoms with Crippen molar-refractivity contribution in [1.82, 2.24) is 9.97 Å². The Labute approximate surface area is 151 Å². The second kappa shape index (κ2) is 7.21. The van der Waals surface area contributed by atoms with Gasteiger partial charge in [-0.15, -0.1) is 22.7 Å². The maximum atomic E-state index is 12.2. The SMILES string of the molecule is N#CC1(c2nc(C(F)(F)F)cs2)CC1.N#CCc1nc(C(F)(F)F)cs1. The van der Waals surface area contributed by atoms with E-state index in [4.69, 9.17) is 10.5 Å². The molecule has 2 heterocycles. The summed E-state index contributed by atoms with van der Waals surface area (Å²) in [6.07, 6.45) is -7.63. The Morgan fingerprint density at radius 1 is 0.962 bits per heavy atom. The maximum Gasteiger partial charge on any atom is 0.434 e. The minimum absolute atomic E-state index is 0.0687. The molecule has 0 unspecified atom stereocenters. The monoisotopic (exact) mass is 410 g/mol. The first kappa shape index (κ1) is 20.1. The number of aromatic nitrogens is 2. The molecule has 0 radical (unpaired) electrons. The van der Waals surface area contributed by atoms with Crippen LogP contribution in [0.2, 0.25) is 0 Å². The van der Waals surface area contributed by atoms with E-state index in [9.17, 15) is 26.3 Å². The van der Waals surface area contributed by atoms with E-state index in [1.54, 1.807) is 6.07 Å². The molecule has 12 heteroatoms. The van der Waals surface area contributed by atoms with Crippen LogP contribution in [0.3, 0.4) is 0 Å². The first-order chi connectivity index (χ1) is 12.0. The highest BCUT2D eigenvalue weighted by molar-refractivity contribution is 7.10. The van der Waals surface area contributed by atoms with Crippen molar-refractivity contribution in [3.63, 3.8) is 0 Å². The van der Waals surface area contributed by atoms with Crippen molar-refractivity contribution in [3.8, 4) is 12.1 Å². The van der Waals surface area contributed by atoms with Crippen LogP contribution in [0.15, 0.2) is 10.8 Å². The van der Waals surface area contributed by atoms with Crippen LogP contribution in [0.5, 0.6) is 0 Å². The molecule has 0 amide bonds. The number of hydrogen-bond donors (Lipinski definition) is 0. The molecule has 26 heavy (non-hydrogen) atoms. The first-order valence-electron chi connectivity index (χ1n) is 6.85. The zero-order valence-corrected chi connectivity index (χ0v) is 14.3. The predicted octanol–water partition coefficient (Wildman–Crippen LogP) is 4.95. The Bertz CT molecular complexity index is 848. The number of alkyl halides is 6. The molecular formula is C14H8F6N4S2. The topological polar surface area (TPSA) is 73.4 Å². The maximum absolute atomic E-state index is 12.2. The van der Waals surface area contributed by atoms with E-state index < -0.39 is 29.2 Å². The fourth-order valence-corrected chi connectivity index (χ4v) is 3.48. The molecule has 0 aromatic carbocycles. The van der Waals surface area contributed by atoms with Crippen LogP contribution >= 0.6 is 22.7 Å². The molecule has 2 aromatic heterocycles. The van der Waals surface area contributed by atoms with Gasteiger partial charge >= 0.3 is 12.4 Å². The van der Waals surface area contributed by atoms with E-state index in [-0.39, 0.29) is 11.4 Å². The summed E-state index contributed by atoms with van der Waals surface area (Å²) in [6.45, 7) is 0. The van der Waals surface area contributed by atoms with E-state index in [0.717, 1.165) is 33.4 Å². The lowest BCUT2D eigenvalue weighted by Gasteiger charge is -2.01. The van der Waals surface area contributed by atoms with Gasteiger partial charge in [0.2, 0.25) is 0 Å². The van der Waals surface area contributed by atoms with Gasteiger partial charge in [0.15, 0.2) is 11.4 Å². The zero-order valence-electron chi connectivity index (χ0n) is 12.6. The standard InChI is InChI=1S/C8H5F3N2S.C6H3F3N2S/c9-8(10,11)5-3-14-6(13-5)7(4-12)1-2-7;7-6(8,9)4-3-12-5(11-4)1-2-10/h3H,1-2H2;3H,1H2. The molecule has 2 aromatic rings. The summed E-state index contributed by atoms with van der Waals surface area (Å²) in [4.78, 5) is 6.70. The van der Waals surface area contributed by atoms with Crippen molar-refractivity contribution < 1.29 is 26.3 Å². The molecule has 3 rings (SSSR count). The number of thiazole rings is 2. The smallest absolute Gasteiger partial charge is 0.236 e. The molecule has 138 valence electrons. The summed E-state index contributed by atoms with van der Waals surface area (Å²) in [5.41, 5.74) is -2.52. The lowest BCUT2D eigenvalue weighted by atomic mass is 10.1. The molecule has 0 spiro atoms. The lowest BCUT2D eigenvalue weighted by Crippen LogP contribution is -2.08. The molecule has 0 aliphatic heterocycles. The Morgan fingerprint density at radius 3 is 1.88 bits per heavy atom. The van der Waals surface area contributed by atoms with Gasteiger partial charge in [0.25, 0.3) is 0 Å². The molecule has 0 N–H and O–H groups in total. The zero-order chi connectivity index (χ0) is 19.6. The van der Waals surface area contributed by atoms with Gasteiger partial charge in [0, 0.05) is 10.8 Å². The van der Waals surface area contributed by atoms with Crippen LogP contribution in [-0.4, -0.2) is 9.97 Å². The molecule has 1 aliphatic carbocycles. The highest BCUT2D eigenvalue weighted by Gasteiger charge is 2.49. The second-order valence-electron chi connectivity index (χ2n) is 5.19. The number of nitrogens with zero attached hydrogens (tertiary/aromatic N) is 4. The largest absolute Gasteiger partial charge is 0.434 e. The average molecular weight is 410 g/mol. The third kappa shape index (κ3) is 4.71. The fraction of sp³-hybridized carbons (Fsp3) is 0.429. The first-order valence-corrected chi connectivity index (χ1v) is 8.61. The van der Waals surface area contributed by atoms with Crippen molar-refractivity contribution in [2.24, 2.45) is 0 Å². The molecule has 1 saturated carbocycles. The van der Waals surface area contributed by atoms with Crippen molar-refractivity contribution >= 4 is 22.7 Å². The van der Waals surface area contributed by atoms with Crippen molar-refractivity contribution in [2.75, 3.05) is 0 Å². The number of halogens is 6.